The molecule has 0 amide bonds. The molecule has 0 spiro atoms. The molecule has 0 N–H and O–H groups in total. The summed E-state index contributed by atoms with van der Waals surface area (Å²) in [6.45, 7) is 5.86. The van der Waals surface area contributed by atoms with Crippen LogP contribution in [0, 0.1) is 11.3 Å². The average molecular weight is 248 g/mol. The zero-order valence-corrected chi connectivity index (χ0v) is 11.1. The van der Waals surface area contributed by atoms with Crippen LogP contribution in [0.2, 0.25) is 0 Å². The van der Waals surface area contributed by atoms with Gasteiger partial charge in [-0.25, -0.2) is 0 Å². The molecule has 0 aliphatic carbocycles. The number of benzene rings is 1. The number of rotatable bonds is 4. The second kappa shape index (κ2) is 5.97. The number of aromatic nitrogens is 1. The van der Waals surface area contributed by atoms with Gasteiger partial charge in [-0.15, -0.1) is 0 Å². The van der Waals surface area contributed by atoms with Gasteiger partial charge in [0.2, 0.25) is 0 Å². The number of allylic oxidation sites excluding steroid dienone is 1. The second-order valence-corrected chi connectivity index (χ2v) is 4.47. The minimum absolute atomic E-state index is 0.484. The Kier molecular flexibility index (Phi) is 4.10. The molecular formula is C17H16N2. The highest BCUT2D eigenvalue weighted by Gasteiger charge is 2.01. The Morgan fingerprint density at radius 2 is 1.95 bits per heavy atom. The van der Waals surface area contributed by atoms with Crippen molar-refractivity contribution in [3.8, 4) is 17.3 Å². The molecule has 0 radical (unpaired) electrons. The van der Waals surface area contributed by atoms with Crippen molar-refractivity contribution in [2.75, 3.05) is 0 Å². The fraction of sp³-hybridized carbons (Fsp3) is 0.176. The maximum absolute atomic E-state index is 8.79. The SMILES string of the molecule is C=C(C#N)c1ccc(-c2ccc(CCC)cn2)cc1. The number of pyridine rings is 1. The lowest BCUT2D eigenvalue weighted by atomic mass is 10.0. The molecule has 1 aromatic carbocycles. The largest absolute Gasteiger partial charge is 0.256 e. The number of hydrogen-bond donors (Lipinski definition) is 0. The minimum Gasteiger partial charge on any atom is -0.256 e. The molecule has 0 fully saturated rings. The van der Waals surface area contributed by atoms with E-state index in [1.807, 2.05) is 36.5 Å². The van der Waals surface area contributed by atoms with E-state index in [9.17, 15) is 0 Å². The van der Waals surface area contributed by atoms with Crippen LogP contribution in [0.3, 0.4) is 0 Å². The lowest BCUT2D eigenvalue weighted by Gasteiger charge is -2.04. The van der Waals surface area contributed by atoms with Crippen LogP contribution >= 0.6 is 0 Å². The molecule has 0 aliphatic heterocycles. The van der Waals surface area contributed by atoms with Crippen LogP contribution in [0.15, 0.2) is 49.2 Å². The van der Waals surface area contributed by atoms with Crippen LogP contribution in [0.25, 0.3) is 16.8 Å². The molecule has 2 aromatic rings. The molecule has 0 unspecified atom stereocenters. The first-order valence-corrected chi connectivity index (χ1v) is 6.39. The Balaban J connectivity index is 2.22. The Hall–Kier alpha value is -2.40. The highest BCUT2D eigenvalue weighted by Crippen LogP contribution is 2.20. The van der Waals surface area contributed by atoms with Crippen LogP contribution in [0.5, 0.6) is 0 Å². The van der Waals surface area contributed by atoms with Gasteiger partial charge in [0.15, 0.2) is 0 Å². The van der Waals surface area contributed by atoms with Gasteiger partial charge in [0.25, 0.3) is 0 Å². The third-order valence-corrected chi connectivity index (χ3v) is 3.03. The van der Waals surface area contributed by atoms with Gasteiger partial charge in [-0.2, -0.15) is 5.26 Å². The van der Waals surface area contributed by atoms with E-state index >= 15 is 0 Å². The summed E-state index contributed by atoms with van der Waals surface area (Å²) >= 11 is 0. The molecule has 1 aromatic heterocycles. The minimum atomic E-state index is 0.484. The van der Waals surface area contributed by atoms with Crippen LogP contribution < -0.4 is 0 Å². The van der Waals surface area contributed by atoms with Gasteiger partial charge in [-0.3, -0.25) is 4.98 Å². The monoisotopic (exact) mass is 248 g/mol. The first-order chi connectivity index (χ1) is 9.24. The van der Waals surface area contributed by atoms with Gasteiger partial charge >= 0.3 is 0 Å². The van der Waals surface area contributed by atoms with Gasteiger partial charge in [0.05, 0.1) is 17.3 Å². The first kappa shape index (κ1) is 13.0. The molecule has 0 bridgehead atoms. The zero-order chi connectivity index (χ0) is 13.7. The molecule has 0 saturated heterocycles. The van der Waals surface area contributed by atoms with Crippen molar-refractivity contribution in [2.45, 2.75) is 19.8 Å². The van der Waals surface area contributed by atoms with Crippen molar-refractivity contribution < 1.29 is 0 Å². The van der Waals surface area contributed by atoms with E-state index in [4.69, 9.17) is 5.26 Å². The van der Waals surface area contributed by atoms with Crippen molar-refractivity contribution >= 4 is 5.57 Å². The van der Waals surface area contributed by atoms with E-state index in [2.05, 4.69) is 30.6 Å². The Morgan fingerprint density at radius 1 is 1.21 bits per heavy atom. The Bertz CT molecular complexity index is 601. The van der Waals surface area contributed by atoms with E-state index in [1.165, 1.54) is 5.56 Å². The Labute approximate surface area is 114 Å². The van der Waals surface area contributed by atoms with E-state index in [0.29, 0.717) is 5.57 Å². The fourth-order valence-corrected chi connectivity index (χ4v) is 1.94. The molecule has 19 heavy (non-hydrogen) atoms. The van der Waals surface area contributed by atoms with Crippen LogP contribution in [-0.2, 0) is 6.42 Å². The Morgan fingerprint density at radius 3 is 2.47 bits per heavy atom. The maximum atomic E-state index is 8.79. The van der Waals surface area contributed by atoms with Crippen molar-refractivity contribution in [1.82, 2.24) is 4.98 Å². The summed E-state index contributed by atoms with van der Waals surface area (Å²) < 4.78 is 0. The summed E-state index contributed by atoms with van der Waals surface area (Å²) in [6, 6.07) is 14.0. The quantitative estimate of drug-likeness (QED) is 0.759. The summed E-state index contributed by atoms with van der Waals surface area (Å²) in [5.41, 5.74) is 4.61. The van der Waals surface area contributed by atoms with Gasteiger partial charge in [0.1, 0.15) is 0 Å². The summed E-state index contributed by atoms with van der Waals surface area (Å²) in [5.74, 6) is 0. The van der Waals surface area contributed by atoms with Crippen LogP contribution in [-0.4, -0.2) is 4.98 Å². The zero-order valence-electron chi connectivity index (χ0n) is 11.1. The number of nitriles is 1. The molecule has 1 heterocycles. The molecule has 94 valence electrons. The molecule has 2 nitrogen and oxygen atoms in total. The lowest BCUT2D eigenvalue weighted by Crippen LogP contribution is -1.88. The third kappa shape index (κ3) is 3.08. The standard InChI is InChI=1S/C17H16N2/c1-3-4-14-5-10-17(19-12-14)16-8-6-15(7-9-16)13(2)11-18/h5-10,12H,2-4H2,1H3. The summed E-state index contributed by atoms with van der Waals surface area (Å²) in [6.07, 6.45) is 4.13. The van der Waals surface area contributed by atoms with E-state index in [0.717, 1.165) is 29.7 Å². The molecule has 0 aliphatic rings. The van der Waals surface area contributed by atoms with E-state index < -0.39 is 0 Å². The van der Waals surface area contributed by atoms with Crippen molar-refractivity contribution in [3.05, 3.63) is 60.3 Å². The van der Waals surface area contributed by atoms with Crippen LogP contribution in [0.4, 0.5) is 0 Å². The summed E-state index contributed by atoms with van der Waals surface area (Å²) in [5, 5.41) is 8.79. The summed E-state index contributed by atoms with van der Waals surface area (Å²) in [4.78, 5) is 4.47. The van der Waals surface area contributed by atoms with Crippen molar-refractivity contribution in [2.24, 2.45) is 0 Å². The molecule has 2 heteroatoms. The maximum Gasteiger partial charge on any atom is 0.0991 e. The number of nitrogens with zero attached hydrogens (tertiary/aromatic N) is 2. The highest BCUT2D eigenvalue weighted by atomic mass is 14.7. The topological polar surface area (TPSA) is 36.7 Å². The van der Waals surface area contributed by atoms with Crippen LogP contribution in [0.1, 0.15) is 24.5 Å². The number of hydrogen-bond acceptors (Lipinski definition) is 2. The lowest BCUT2D eigenvalue weighted by molar-refractivity contribution is 0.914. The van der Waals surface area contributed by atoms with Gasteiger partial charge < -0.3 is 0 Å². The van der Waals surface area contributed by atoms with E-state index in [-0.39, 0.29) is 0 Å². The van der Waals surface area contributed by atoms with Gasteiger partial charge in [-0.1, -0.05) is 50.3 Å². The summed E-state index contributed by atoms with van der Waals surface area (Å²) in [7, 11) is 0. The number of aryl methyl sites for hydroxylation is 1. The second-order valence-electron chi connectivity index (χ2n) is 4.47. The van der Waals surface area contributed by atoms with Gasteiger partial charge in [0, 0.05) is 11.8 Å². The molecular weight excluding hydrogens is 232 g/mol. The molecule has 2 rings (SSSR count). The van der Waals surface area contributed by atoms with Crippen molar-refractivity contribution in [1.29, 1.82) is 5.26 Å². The average Bonchev–Trinajstić information content (AvgIpc) is 2.48. The third-order valence-electron chi connectivity index (χ3n) is 3.03. The normalized spacial score (nSPS) is 9.89. The van der Waals surface area contributed by atoms with Gasteiger partial charge in [-0.05, 0) is 23.6 Å². The molecule has 0 atom stereocenters. The highest BCUT2D eigenvalue weighted by molar-refractivity contribution is 5.76. The predicted octanol–water partition coefficient (Wildman–Crippen LogP) is 4.24. The predicted molar refractivity (Wildman–Crippen MR) is 78.3 cm³/mol. The smallest absolute Gasteiger partial charge is 0.0991 e. The molecule has 0 saturated carbocycles. The van der Waals surface area contributed by atoms with E-state index in [1.54, 1.807) is 0 Å². The first-order valence-electron chi connectivity index (χ1n) is 6.39. The van der Waals surface area contributed by atoms with Crippen molar-refractivity contribution in [3.63, 3.8) is 0 Å². The fourth-order valence-electron chi connectivity index (χ4n) is 1.94.